The van der Waals surface area contributed by atoms with E-state index >= 15 is 0 Å². The molecule has 0 aromatic carbocycles. The van der Waals surface area contributed by atoms with Crippen LogP contribution in [0.15, 0.2) is 18.7 Å². The standard InChI is InChI=1S/C12H16N6/c1-10(2)8-17(6-3-4-13)11-12-16-15-9-18(12)7-5-14-11/h5,7,9-10H,3,6,8H2,1-2H3. The van der Waals surface area contributed by atoms with Crippen molar-refractivity contribution in [3.05, 3.63) is 18.7 Å². The molecule has 0 N–H and O–H groups in total. The van der Waals surface area contributed by atoms with Gasteiger partial charge in [-0.2, -0.15) is 5.26 Å². The zero-order valence-electron chi connectivity index (χ0n) is 10.6. The molecule has 2 rings (SSSR count). The summed E-state index contributed by atoms with van der Waals surface area (Å²) in [5, 5.41) is 16.7. The van der Waals surface area contributed by atoms with Gasteiger partial charge in [-0.1, -0.05) is 13.8 Å². The molecule has 2 aromatic heterocycles. The Morgan fingerprint density at radius 1 is 1.50 bits per heavy atom. The van der Waals surface area contributed by atoms with Gasteiger partial charge in [0.1, 0.15) is 6.33 Å². The molecule has 0 bridgehead atoms. The average molecular weight is 244 g/mol. The van der Waals surface area contributed by atoms with Gasteiger partial charge < -0.3 is 4.90 Å². The average Bonchev–Trinajstić information content (AvgIpc) is 2.82. The third kappa shape index (κ3) is 2.56. The van der Waals surface area contributed by atoms with E-state index in [0.717, 1.165) is 18.0 Å². The summed E-state index contributed by atoms with van der Waals surface area (Å²) >= 11 is 0. The lowest BCUT2D eigenvalue weighted by atomic mass is 10.2. The highest BCUT2D eigenvalue weighted by atomic mass is 15.3. The number of rotatable bonds is 5. The molecular formula is C12H16N6. The van der Waals surface area contributed by atoms with Crippen molar-refractivity contribution in [3.63, 3.8) is 0 Å². The monoisotopic (exact) mass is 244 g/mol. The quantitative estimate of drug-likeness (QED) is 0.797. The van der Waals surface area contributed by atoms with Crippen molar-refractivity contribution >= 4 is 11.5 Å². The molecule has 6 heteroatoms. The van der Waals surface area contributed by atoms with Crippen molar-refractivity contribution in [3.8, 4) is 6.07 Å². The van der Waals surface area contributed by atoms with Crippen molar-refractivity contribution in [1.29, 1.82) is 5.26 Å². The third-order valence-electron chi connectivity index (χ3n) is 2.58. The lowest BCUT2D eigenvalue weighted by Gasteiger charge is -2.24. The molecule has 0 atom stereocenters. The number of nitriles is 1. The maximum atomic E-state index is 8.74. The summed E-state index contributed by atoms with van der Waals surface area (Å²) in [4.78, 5) is 6.47. The van der Waals surface area contributed by atoms with Gasteiger partial charge in [0.2, 0.25) is 5.65 Å². The van der Waals surface area contributed by atoms with E-state index in [1.165, 1.54) is 0 Å². The van der Waals surface area contributed by atoms with E-state index in [1.807, 2.05) is 10.6 Å². The van der Waals surface area contributed by atoms with Crippen LogP contribution >= 0.6 is 0 Å². The van der Waals surface area contributed by atoms with Gasteiger partial charge in [0.15, 0.2) is 5.82 Å². The molecule has 0 aliphatic carbocycles. The molecule has 0 saturated heterocycles. The van der Waals surface area contributed by atoms with E-state index in [0.29, 0.717) is 18.9 Å². The Kier molecular flexibility index (Phi) is 3.72. The highest BCUT2D eigenvalue weighted by molar-refractivity contribution is 5.63. The maximum absolute atomic E-state index is 8.74. The van der Waals surface area contributed by atoms with E-state index in [1.54, 1.807) is 12.5 Å². The fourth-order valence-corrected chi connectivity index (χ4v) is 1.88. The lowest BCUT2D eigenvalue weighted by molar-refractivity contribution is 0.608. The van der Waals surface area contributed by atoms with E-state index < -0.39 is 0 Å². The smallest absolute Gasteiger partial charge is 0.203 e. The van der Waals surface area contributed by atoms with Crippen LogP contribution in [0.5, 0.6) is 0 Å². The molecule has 0 amide bonds. The Bertz CT molecular complexity index is 553. The summed E-state index contributed by atoms with van der Waals surface area (Å²) in [6, 6.07) is 2.17. The Morgan fingerprint density at radius 3 is 3.06 bits per heavy atom. The molecule has 0 saturated carbocycles. The molecule has 94 valence electrons. The maximum Gasteiger partial charge on any atom is 0.203 e. The van der Waals surface area contributed by atoms with Gasteiger partial charge >= 0.3 is 0 Å². The number of hydrogen-bond donors (Lipinski definition) is 0. The topological polar surface area (TPSA) is 70.1 Å². The summed E-state index contributed by atoms with van der Waals surface area (Å²) in [7, 11) is 0. The van der Waals surface area contributed by atoms with Gasteiger partial charge in [-0.25, -0.2) is 4.98 Å². The molecule has 0 spiro atoms. The second-order valence-corrected chi connectivity index (χ2v) is 4.56. The van der Waals surface area contributed by atoms with Gasteiger partial charge in [-0.15, -0.1) is 10.2 Å². The van der Waals surface area contributed by atoms with Crippen LogP contribution in [0.4, 0.5) is 5.82 Å². The van der Waals surface area contributed by atoms with Crippen molar-refractivity contribution in [2.24, 2.45) is 5.92 Å². The van der Waals surface area contributed by atoms with Crippen molar-refractivity contribution in [1.82, 2.24) is 19.6 Å². The molecule has 2 aromatic rings. The highest BCUT2D eigenvalue weighted by Gasteiger charge is 2.14. The van der Waals surface area contributed by atoms with Crippen LogP contribution in [-0.2, 0) is 0 Å². The summed E-state index contributed by atoms with van der Waals surface area (Å²) in [5.74, 6) is 1.28. The van der Waals surface area contributed by atoms with Crippen LogP contribution in [0.3, 0.4) is 0 Å². The summed E-state index contributed by atoms with van der Waals surface area (Å²) in [6.07, 6.45) is 5.67. The van der Waals surface area contributed by atoms with Gasteiger partial charge in [0, 0.05) is 25.5 Å². The fraction of sp³-hybridized carbons (Fsp3) is 0.500. The van der Waals surface area contributed by atoms with Crippen LogP contribution in [0, 0.1) is 17.2 Å². The predicted molar refractivity (Wildman–Crippen MR) is 68.1 cm³/mol. The zero-order valence-corrected chi connectivity index (χ0v) is 10.6. The van der Waals surface area contributed by atoms with E-state index in [9.17, 15) is 0 Å². The molecule has 0 unspecified atom stereocenters. The Balaban J connectivity index is 2.34. The molecule has 0 fully saturated rings. The van der Waals surface area contributed by atoms with Crippen molar-refractivity contribution < 1.29 is 0 Å². The van der Waals surface area contributed by atoms with Gasteiger partial charge in [0.25, 0.3) is 0 Å². The van der Waals surface area contributed by atoms with Crippen LogP contribution in [0.2, 0.25) is 0 Å². The first-order valence-electron chi connectivity index (χ1n) is 5.98. The first-order chi connectivity index (χ1) is 8.72. The van der Waals surface area contributed by atoms with Crippen molar-refractivity contribution in [2.75, 3.05) is 18.0 Å². The number of anilines is 1. The molecular weight excluding hydrogens is 228 g/mol. The summed E-state index contributed by atoms with van der Waals surface area (Å²) < 4.78 is 1.84. The van der Waals surface area contributed by atoms with E-state index in [2.05, 4.69) is 40.0 Å². The highest BCUT2D eigenvalue weighted by Crippen LogP contribution is 2.17. The van der Waals surface area contributed by atoms with Crippen molar-refractivity contribution in [2.45, 2.75) is 20.3 Å². The van der Waals surface area contributed by atoms with Crippen LogP contribution < -0.4 is 4.90 Å². The van der Waals surface area contributed by atoms with Crippen LogP contribution in [0.1, 0.15) is 20.3 Å². The first kappa shape index (κ1) is 12.3. The first-order valence-corrected chi connectivity index (χ1v) is 5.98. The molecule has 2 heterocycles. The van der Waals surface area contributed by atoms with Crippen LogP contribution in [0.25, 0.3) is 5.65 Å². The summed E-state index contributed by atoms with van der Waals surface area (Å²) in [5.41, 5.74) is 0.732. The Morgan fingerprint density at radius 2 is 2.33 bits per heavy atom. The molecule has 18 heavy (non-hydrogen) atoms. The predicted octanol–water partition coefficient (Wildman–Crippen LogP) is 1.50. The second kappa shape index (κ2) is 5.45. The number of hydrogen-bond acceptors (Lipinski definition) is 5. The molecule has 6 nitrogen and oxygen atoms in total. The van der Waals surface area contributed by atoms with Gasteiger partial charge in [0.05, 0.1) is 12.5 Å². The number of fused-ring (bicyclic) bond motifs is 1. The minimum atomic E-state index is 0.476. The third-order valence-corrected chi connectivity index (χ3v) is 2.58. The minimum Gasteiger partial charge on any atom is -0.352 e. The fourth-order valence-electron chi connectivity index (χ4n) is 1.88. The summed E-state index contributed by atoms with van der Waals surface area (Å²) in [6.45, 7) is 5.79. The Hall–Kier alpha value is -2.16. The van der Waals surface area contributed by atoms with Crippen LogP contribution in [-0.4, -0.2) is 32.7 Å². The van der Waals surface area contributed by atoms with Gasteiger partial charge in [-0.3, -0.25) is 4.40 Å². The molecule has 0 radical (unpaired) electrons. The van der Waals surface area contributed by atoms with Gasteiger partial charge in [-0.05, 0) is 5.92 Å². The lowest BCUT2D eigenvalue weighted by Crippen LogP contribution is -2.29. The van der Waals surface area contributed by atoms with E-state index in [4.69, 9.17) is 5.26 Å². The normalized spacial score (nSPS) is 10.8. The van der Waals surface area contributed by atoms with E-state index in [-0.39, 0.29) is 0 Å². The SMILES string of the molecule is CC(C)CN(CCC#N)c1nccn2cnnc12. The second-order valence-electron chi connectivity index (χ2n) is 4.56. The number of nitrogens with zero attached hydrogens (tertiary/aromatic N) is 6. The zero-order chi connectivity index (χ0) is 13.0. The minimum absolute atomic E-state index is 0.476. The Labute approximate surface area is 106 Å². The largest absolute Gasteiger partial charge is 0.352 e. The number of aromatic nitrogens is 4. The molecule has 0 aliphatic heterocycles. The molecule has 0 aliphatic rings.